The van der Waals surface area contributed by atoms with Gasteiger partial charge in [0.05, 0.1) is 19.3 Å². The van der Waals surface area contributed by atoms with Crippen molar-refractivity contribution in [3.63, 3.8) is 0 Å². The Morgan fingerprint density at radius 1 is 1.23 bits per heavy atom. The van der Waals surface area contributed by atoms with E-state index < -0.39 is 5.51 Å². The molecule has 0 saturated heterocycles. The van der Waals surface area contributed by atoms with E-state index in [-0.39, 0.29) is 23.3 Å². The fourth-order valence-electron chi connectivity index (χ4n) is 1.96. The van der Waals surface area contributed by atoms with Gasteiger partial charge in [0.25, 0.3) is 0 Å². The van der Waals surface area contributed by atoms with E-state index >= 15 is 0 Å². The van der Waals surface area contributed by atoms with Crippen molar-refractivity contribution in [2.75, 3.05) is 7.11 Å². The van der Waals surface area contributed by atoms with Crippen molar-refractivity contribution in [3.8, 4) is 5.75 Å². The molecule has 120 valence electrons. The van der Waals surface area contributed by atoms with Crippen LogP contribution in [0.5, 0.6) is 5.75 Å². The van der Waals surface area contributed by atoms with E-state index in [4.69, 9.17) is 4.74 Å². The molecule has 0 fully saturated rings. The molecular weight excluding hydrogens is 315 g/mol. The Morgan fingerprint density at radius 2 is 1.91 bits per heavy atom. The molecule has 2 rings (SSSR count). The van der Waals surface area contributed by atoms with Gasteiger partial charge in [-0.15, -0.1) is 5.10 Å². The highest BCUT2D eigenvalue weighted by Gasteiger charge is 2.33. The molecule has 0 N–H and O–H groups in total. The summed E-state index contributed by atoms with van der Waals surface area (Å²) in [6, 6.07) is 7.11. The van der Waals surface area contributed by atoms with Crippen molar-refractivity contribution < 1.29 is 17.9 Å². The van der Waals surface area contributed by atoms with Gasteiger partial charge in [0.2, 0.25) is 0 Å². The molecule has 8 heteroatoms. The standard InChI is InChI=1S/C14H16F3N3OS/c1-3-4-12-13(22-14(15,16)17)20(19-18-12)9-10-5-7-11(21-2)8-6-10/h5-8H,3-4,9H2,1-2H3. The van der Waals surface area contributed by atoms with Gasteiger partial charge in [-0.25, -0.2) is 4.68 Å². The summed E-state index contributed by atoms with van der Waals surface area (Å²) in [6.45, 7) is 2.13. The minimum atomic E-state index is -4.36. The smallest absolute Gasteiger partial charge is 0.447 e. The molecular formula is C14H16F3N3OS. The molecule has 22 heavy (non-hydrogen) atoms. The van der Waals surface area contributed by atoms with Crippen LogP contribution in [-0.2, 0) is 13.0 Å². The molecule has 0 bridgehead atoms. The minimum Gasteiger partial charge on any atom is -0.497 e. The maximum Gasteiger partial charge on any atom is 0.447 e. The number of nitrogens with zero attached hydrogens (tertiary/aromatic N) is 3. The Bertz CT molecular complexity index is 611. The zero-order chi connectivity index (χ0) is 16.2. The Morgan fingerprint density at radius 3 is 2.45 bits per heavy atom. The first-order valence-electron chi connectivity index (χ1n) is 6.74. The summed E-state index contributed by atoms with van der Waals surface area (Å²) in [5.74, 6) is 0.693. The van der Waals surface area contributed by atoms with Gasteiger partial charge in [-0.1, -0.05) is 30.7 Å². The second kappa shape index (κ2) is 7.04. The van der Waals surface area contributed by atoms with Crippen LogP contribution in [0.1, 0.15) is 24.6 Å². The maximum atomic E-state index is 12.7. The van der Waals surface area contributed by atoms with Crippen LogP contribution in [0.15, 0.2) is 29.3 Å². The molecule has 1 heterocycles. The Labute approximate surface area is 130 Å². The average Bonchev–Trinajstić information content (AvgIpc) is 2.81. The Kier molecular flexibility index (Phi) is 5.33. The molecule has 4 nitrogen and oxygen atoms in total. The molecule has 0 aliphatic heterocycles. The number of aryl methyl sites for hydroxylation is 1. The lowest BCUT2D eigenvalue weighted by Crippen LogP contribution is -2.08. The third-order valence-corrected chi connectivity index (χ3v) is 3.82. The van der Waals surface area contributed by atoms with Crippen LogP contribution in [-0.4, -0.2) is 27.6 Å². The van der Waals surface area contributed by atoms with Crippen LogP contribution in [0.3, 0.4) is 0 Å². The predicted molar refractivity (Wildman–Crippen MR) is 78.0 cm³/mol. The molecule has 0 unspecified atom stereocenters. The summed E-state index contributed by atoms with van der Waals surface area (Å²) in [7, 11) is 1.56. The summed E-state index contributed by atoms with van der Waals surface area (Å²) in [6.07, 6.45) is 1.19. The predicted octanol–water partition coefficient (Wildman–Crippen LogP) is 3.90. The number of ether oxygens (including phenoxy) is 1. The molecule has 0 radical (unpaired) electrons. The van der Waals surface area contributed by atoms with Crippen molar-refractivity contribution in [2.24, 2.45) is 0 Å². The van der Waals surface area contributed by atoms with Gasteiger partial charge in [0, 0.05) is 11.8 Å². The van der Waals surface area contributed by atoms with Crippen molar-refractivity contribution in [1.82, 2.24) is 15.0 Å². The molecule has 0 amide bonds. The van der Waals surface area contributed by atoms with Crippen molar-refractivity contribution >= 4 is 11.8 Å². The molecule has 0 aliphatic carbocycles. The Balaban J connectivity index is 2.25. The summed E-state index contributed by atoms with van der Waals surface area (Å²) in [5, 5.41) is 7.82. The first-order valence-corrected chi connectivity index (χ1v) is 7.55. The topological polar surface area (TPSA) is 39.9 Å². The minimum absolute atomic E-state index is 0.0603. The SMILES string of the molecule is CCCc1nnn(Cc2ccc(OC)cc2)c1SC(F)(F)F. The zero-order valence-electron chi connectivity index (χ0n) is 12.2. The van der Waals surface area contributed by atoms with Crippen LogP contribution in [0.25, 0.3) is 0 Å². The largest absolute Gasteiger partial charge is 0.497 e. The number of thioether (sulfide) groups is 1. The quantitative estimate of drug-likeness (QED) is 0.753. The van der Waals surface area contributed by atoms with Gasteiger partial charge < -0.3 is 4.74 Å². The fraction of sp³-hybridized carbons (Fsp3) is 0.429. The van der Waals surface area contributed by atoms with Gasteiger partial charge in [-0.2, -0.15) is 13.2 Å². The summed E-state index contributed by atoms with van der Waals surface area (Å²) in [4.78, 5) is 0. The van der Waals surface area contributed by atoms with Crippen LogP contribution in [0.2, 0.25) is 0 Å². The van der Waals surface area contributed by atoms with Crippen LogP contribution < -0.4 is 4.74 Å². The van der Waals surface area contributed by atoms with E-state index in [0.29, 0.717) is 24.3 Å². The second-order valence-electron chi connectivity index (χ2n) is 4.64. The first kappa shape index (κ1) is 16.7. The van der Waals surface area contributed by atoms with Crippen molar-refractivity contribution in [3.05, 3.63) is 35.5 Å². The van der Waals surface area contributed by atoms with Gasteiger partial charge in [0.15, 0.2) is 0 Å². The number of benzene rings is 1. The highest BCUT2D eigenvalue weighted by Crippen LogP contribution is 2.38. The Hall–Kier alpha value is -1.70. The van der Waals surface area contributed by atoms with Crippen LogP contribution in [0, 0.1) is 0 Å². The van der Waals surface area contributed by atoms with E-state index in [1.807, 2.05) is 6.92 Å². The number of rotatable bonds is 6. The first-order chi connectivity index (χ1) is 10.4. The molecule has 2 aromatic rings. The number of halogens is 3. The molecule has 1 aromatic heterocycles. The molecule has 0 atom stereocenters. The third kappa shape index (κ3) is 4.40. The zero-order valence-corrected chi connectivity index (χ0v) is 13.0. The maximum absolute atomic E-state index is 12.7. The lowest BCUT2D eigenvalue weighted by molar-refractivity contribution is -0.0331. The van der Waals surface area contributed by atoms with E-state index in [2.05, 4.69) is 10.3 Å². The van der Waals surface area contributed by atoms with Gasteiger partial charge >= 0.3 is 5.51 Å². The number of hydrogen-bond donors (Lipinski definition) is 0. The van der Waals surface area contributed by atoms with E-state index in [1.165, 1.54) is 4.68 Å². The van der Waals surface area contributed by atoms with Crippen LogP contribution >= 0.6 is 11.8 Å². The van der Waals surface area contributed by atoms with Crippen LogP contribution in [0.4, 0.5) is 13.2 Å². The number of alkyl halides is 3. The van der Waals surface area contributed by atoms with Gasteiger partial charge in [-0.3, -0.25) is 0 Å². The highest BCUT2D eigenvalue weighted by atomic mass is 32.2. The fourth-order valence-corrected chi connectivity index (χ4v) is 2.65. The molecule has 0 aliphatic rings. The van der Waals surface area contributed by atoms with Gasteiger partial charge in [0.1, 0.15) is 10.8 Å². The summed E-state index contributed by atoms with van der Waals surface area (Å²) >= 11 is -0.159. The summed E-state index contributed by atoms with van der Waals surface area (Å²) in [5.41, 5.74) is -3.14. The highest BCUT2D eigenvalue weighted by molar-refractivity contribution is 8.00. The molecule has 0 spiro atoms. The summed E-state index contributed by atoms with van der Waals surface area (Å²) < 4.78 is 44.6. The average molecular weight is 331 g/mol. The van der Waals surface area contributed by atoms with Crippen molar-refractivity contribution in [2.45, 2.75) is 36.8 Å². The van der Waals surface area contributed by atoms with E-state index in [9.17, 15) is 13.2 Å². The van der Waals surface area contributed by atoms with Gasteiger partial charge in [-0.05, 0) is 24.1 Å². The number of aromatic nitrogens is 3. The van der Waals surface area contributed by atoms with Crippen molar-refractivity contribution in [1.29, 1.82) is 0 Å². The monoisotopic (exact) mass is 331 g/mol. The molecule has 1 aromatic carbocycles. The second-order valence-corrected chi connectivity index (χ2v) is 5.70. The number of hydrogen-bond acceptors (Lipinski definition) is 4. The van der Waals surface area contributed by atoms with E-state index in [1.54, 1.807) is 31.4 Å². The van der Waals surface area contributed by atoms with E-state index in [0.717, 1.165) is 5.56 Å². The lowest BCUT2D eigenvalue weighted by atomic mass is 10.2. The normalized spacial score (nSPS) is 11.7. The third-order valence-electron chi connectivity index (χ3n) is 2.95. The number of methoxy groups -OCH3 is 1. The molecule has 0 saturated carbocycles. The lowest BCUT2D eigenvalue weighted by Gasteiger charge is -2.10.